The van der Waals surface area contributed by atoms with Crippen molar-refractivity contribution in [1.82, 2.24) is 0 Å². The zero-order chi connectivity index (χ0) is 20.4. The van der Waals surface area contributed by atoms with E-state index in [0.717, 1.165) is 4.47 Å². The molecule has 0 bridgehead atoms. The fourth-order valence-corrected chi connectivity index (χ4v) is 3.28. The highest BCUT2D eigenvalue weighted by Crippen LogP contribution is 2.41. The van der Waals surface area contributed by atoms with Crippen molar-refractivity contribution < 1.29 is 24.4 Å². The molecule has 0 aromatic heterocycles. The summed E-state index contributed by atoms with van der Waals surface area (Å²) in [5, 5.41) is 21.6. The Morgan fingerprint density at radius 3 is 2.57 bits per heavy atom. The van der Waals surface area contributed by atoms with Crippen LogP contribution in [0, 0.1) is 10.1 Å². The minimum absolute atomic E-state index is 0.0454. The normalized spacial score (nSPS) is 16.4. The number of rotatable bonds is 5. The van der Waals surface area contributed by atoms with Gasteiger partial charge in [0.15, 0.2) is 5.76 Å². The Kier molecular flexibility index (Phi) is 5.46. The van der Waals surface area contributed by atoms with Crippen LogP contribution in [-0.2, 0) is 14.3 Å². The number of hydrogen-bond acceptors (Lipinski definition) is 6. The Balaban J connectivity index is 2.18. The quantitative estimate of drug-likeness (QED) is 0.424. The molecule has 1 aliphatic heterocycles. The number of non-ortho nitro benzene ring substituents is 1. The van der Waals surface area contributed by atoms with Crippen molar-refractivity contribution in [2.75, 3.05) is 11.5 Å². The van der Waals surface area contributed by atoms with Crippen LogP contribution in [0.4, 0.5) is 11.4 Å². The summed E-state index contributed by atoms with van der Waals surface area (Å²) in [6.45, 7) is 1.64. The molecular weight excluding hydrogens is 432 g/mol. The molecule has 0 aliphatic carbocycles. The number of carbonyl (C=O) groups excluding carboxylic acids is 2. The highest BCUT2D eigenvalue weighted by atomic mass is 79.9. The number of hydrogen-bond donors (Lipinski definition) is 1. The lowest BCUT2D eigenvalue weighted by atomic mass is 9.98. The molecule has 0 fully saturated rings. The predicted octanol–water partition coefficient (Wildman–Crippen LogP) is 3.82. The van der Waals surface area contributed by atoms with Crippen molar-refractivity contribution >= 4 is 39.2 Å². The molecule has 0 spiro atoms. The molecule has 1 atom stereocenters. The summed E-state index contributed by atoms with van der Waals surface area (Å²) < 4.78 is 5.78. The molecule has 3 rings (SSSR count). The second kappa shape index (κ2) is 7.81. The SMILES string of the molecule is CCOC(=O)C1=C(O)C(=O)N(c2ccc(Br)cc2)C1c1cccc([N+](=O)[O-])c1. The number of carbonyl (C=O) groups is 2. The summed E-state index contributed by atoms with van der Waals surface area (Å²) in [5.74, 6) is -2.38. The molecule has 0 saturated carbocycles. The maximum atomic E-state index is 12.8. The summed E-state index contributed by atoms with van der Waals surface area (Å²) >= 11 is 3.31. The number of ether oxygens (including phenoxy) is 1. The Morgan fingerprint density at radius 2 is 1.96 bits per heavy atom. The van der Waals surface area contributed by atoms with E-state index in [-0.39, 0.29) is 17.9 Å². The van der Waals surface area contributed by atoms with E-state index < -0.39 is 28.6 Å². The minimum atomic E-state index is -1.06. The fraction of sp³-hybridized carbons (Fsp3) is 0.158. The number of anilines is 1. The molecule has 0 radical (unpaired) electrons. The summed E-state index contributed by atoms with van der Waals surface area (Å²) in [6.07, 6.45) is 0. The van der Waals surface area contributed by atoms with Crippen LogP contribution in [0.3, 0.4) is 0 Å². The van der Waals surface area contributed by atoms with Gasteiger partial charge >= 0.3 is 5.97 Å². The van der Waals surface area contributed by atoms with Gasteiger partial charge in [-0.15, -0.1) is 0 Å². The molecule has 28 heavy (non-hydrogen) atoms. The summed E-state index contributed by atoms with van der Waals surface area (Å²) in [6, 6.07) is 11.2. The van der Waals surface area contributed by atoms with Crippen LogP contribution in [-0.4, -0.2) is 28.5 Å². The monoisotopic (exact) mass is 446 g/mol. The molecule has 1 aliphatic rings. The lowest BCUT2D eigenvalue weighted by molar-refractivity contribution is -0.384. The summed E-state index contributed by atoms with van der Waals surface area (Å²) in [5.41, 5.74) is 0.263. The van der Waals surface area contributed by atoms with Crippen molar-refractivity contribution in [2.24, 2.45) is 0 Å². The maximum absolute atomic E-state index is 12.8. The number of aliphatic hydroxyl groups excluding tert-OH is 1. The van der Waals surface area contributed by atoms with Gasteiger partial charge in [-0.05, 0) is 36.8 Å². The summed E-state index contributed by atoms with van der Waals surface area (Å²) in [7, 11) is 0. The van der Waals surface area contributed by atoms with E-state index in [0.29, 0.717) is 11.3 Å². The van der Waals surface area contributed by atoms with Gasteiger partial charge in [0.25, 0.3) is 11.6 Å². The van der Waals surface area contributed by atoms with Crippen LogP contribution in [0.1, 0.15) is 18.5 Å². The first-order chi connectivity index (χ1) is 13.3. The van der Waals surface area contributed by atoms with Crippen molar-refractivity contribution in [3.05, 3.63) is 80.0 Å². The maximum Gasteiger partial charge on any atom is 0.340 e. The number of esters is 1. The molecule has 2 aromatic rings. The Hall–Kier alpha value is -3.20. The van der Waals surface area contributed by atoms with E-state index in [2.05, 4.69) is 15.9 Å². The van der Waals surface area contributed by atoms with Crippen molar-refractivity contribution in [2.45, 2.75) is 13.0 Å². The standard InChI is InChI=1S/C19H15BrN2O6/c1-2-28-19(25)15-16(11-4-3-5-14(10-11)22(26)27)21(18(24)17(15)23)13-8-6-12(20)7-9-13/h3-10,16,23H,2H2,1H3. The number of nitro groups is 1. The Bertz CT molecular complexity index is 986. The van der Waals surface area contributed by atoms with Crippen molar-refractivity contribution in [1.29, 1.82) is 0 Å². The fourth-order valence-electron chi connectivity index (χ4n) is 3.01. The van der Waals surface area contributed by atoms with Crippen LogP contribution in [0.25, 0.3) is 0 Å². The largest absolute Gasteiger partial charge is 0.503 e. The predicted molar refractivity (Wildman–Crippen MR) is 104 cm³/mol. The third-order valence-corrected chi connectivity index (χ3v) is 4.73. The smallest absolute Gasteiger partial charge is 0.340 e. The molecular formula is C19H15BrN2O6. The number of halogens is 1. The minimum Gasteiger partial charge on any atom is -0.503 e. The number of benzene rings is 2. The lowest BCUT2D eigenvalue weighted by Gasteiger charge is -2.26. The molecule has 8 nitrogen and oxygen atoms in total. The van der Waals surface area contributed by atoms with Gasteiger partial charge in [0.05, 0.1) is 17.6 Å². The zero-order valence-corrected chi connectivity index (χ0v) is 16.3. The van der Waals surface area contributed by atoms with Crippen molar-refractivity contribution in [3.8, 4) is 0 Å². The third kappa shape index (κ3) is 3.48. The number of nitro benzene ring substituents is 1. The molecule has 1 heterocycles. The lowest BCUT2D eigenvalue weighted by Crippen LogP contribution is -2.31. The first-order valence-corrected chi connectivity index (χ1v) is 9.08. The molecule has 1 unspecified atom stereocenters. The molecule has 9 heteroatoms. The Morgan fingerprint density at radius 1 is 1.29 bits per heavy atom. The van der Waals surface area contributed by atoms with Crippen LogP contribution in [0.15, 0.2) is 64.3 Å². The average molecular weight is 447 g/mol. The van der Waals surface area contributed by atoms with Gasteiger partial charge in [0.1, 0.15) is 5.57 Å². The van der Waals surface area contributed by atoms with E-state index in [1.807, 2.05) is 0 Å². The summed E-state index contributed by atoms with van der Waals surface area (Å²) in [4.78, 5) is 37.1. The molecule has 0 saturated heterocycles. The van der Waals surface area contributed by atoms with E-state index in [1.54, 1.807) is 37.3 Å². The molecule has 144 valence electrons. The van der Waals surface area contributed by atoms with Gasteiger partial charge in [-0.2, -0.15) is 0 Å². The number of aliphatic hydroxyl groups is 1. The van der Waals surface area contributed by atoms with Crippen molar-refractivity contribution in [3.63, 3.8) is 0 Å². The van der Waals surface area contributed by atoms with Crippen LogP contribution in [0.2, 0.25) is 0 Å². The second-order valence-electron chi connectivity index (χ2n) is 5.89. The van der Waals surface area contributed by atoms with Crippen LogP contribution in [0.5, 0.6) is 0 Å². The van der Waals surface area contributed by atoms with Gasteiger partial charge in [0, 0.05) is 22.3 Å². The number of nitrogens with zero attached hydrogens (tertiary/aromatic N) is 2. The van der Waals surface area contributed by atoms with E-state index in [4.69, 9.17) is 4.74 Å². The number of amides is 1. The first kappa shape index (κ1) is 19.6. The second-order valence-corrected chi connectivity index (χ2v) is 6.80. The van der Waals surface area contributed by atoms with Crippen LogP contribution < -0.4 is 4.90 Å². The zero-order valence-electron chi connectivity index (χ0n) is 14.7. The molecule has 2 aromatic carbocycles. The van der Waals surface area contributed by atoms with Gasteiger partial charge in [-0.25, -0.2) is 4.79 Å². The van der Waals surface area contributed by atoms with E-state index in [1.165, 1.54) is 23.1 Å². The van der Waals surface area contributed by atoms with E-state index in [9.17, 15) is 24.8 Å². The third-order valence-electron chi connectivity index (χ3n) is 4.21. The topological polar surface area (TPSA) is 110 Å². The highest BCUT2D eigenvalue weighted by Gasteiger charge is 2.45. The van der Waals surface area contributed by atoms with Crippen LogP contribution >= 0.6 is 15.9 Å². The molecule has 1 amide bonds. The highest BCUT2D eigenvalue weighted by molar-refractivity contribution is 9.10. The molecule has 1 N–H and O–H groups in total. The Labute approximate surface area is 168 Å². The first-order valence-electron chi connectivity index (χ1n) is 8.28. The van der Waals surface area contributed by atoms with E-state index >= 15 is 0 Å². The van der Waals surface area contributed by atoms with Gasteiger partial charge in [-0.1, -0.05) is 28.1 Å². The van der Waals surface area contributed by atoms with Gasteiger partial charge in [0.2, 0.25) is 0 Å². The average Bonchev–Trinajstić information content (AvgIpc) is 2.94. The van der Waals surface area contributed by atoms with Gasteiger partial charge < -0.3 is 9.84 Å². The van der Waals surface area contributed by atoms with Gasteiger partial charge in [-0.3, -0.25) is 19.8 Å².